The number of nitriles is 2. The standard InChI is InChI=1S/C21H15N3/c1-14-7-9-16(10-8-14)18-11-17(15-5-3-2-4-6-15)19(12-22)21(24)20(18)13-23/h2-11H,24H2,1H3. The Hall–Kier alpha value is -3.56. The first-order valence-electron chi connectivity index (χ1n) is 7.55. The summed E-state index contributed by atoms with van der Waals surface area (Å²) in [5, 5.41) is 19.1. The van der Waals surface area contributed by atoms with Crippen molar-refractivity contribution in [2.24, 2.45) is 0 Å². The summed E-state index contributed by atoms with van der Waals surface area (Å²) in [6.07, 6.45) is 0. The van der Waals surface area contributed by atoms with E-state index < -0.39 is 0 Å². The van der Waals surface area contributed by atoms with Crippen molar-refractivity contribution in [1.29, 1.82) is 10.5 Å². The molecule has 3 nitrogen and oxygen atoms in total. The molecule has 2 N–H and O–H groups in total. The van der Waals surface area contributed by atoms with Crippen molar-refractivity contribution >= 4 is 5.69 Å². The highest BCUT2D eigenvalue weighted by Gasteiger charge is 2.18. The van der Waals surface area contributed by atoms with Gasteiger partial charge in [-0.1, -0.05) is 60.2 Å². The van der Waals surface area contributed by atoms with E-state index in [1.807, 2.05) is 67.6 Å². The Bertz CT molecular complexity index is 973. The van der Waals surface area contributed by atoms with E-state index in [-0.39, 0.29) is 5.69 Å². The fraction of sp³-hybridized carbons (Fsp3) is 0.0476. The number of hydrogen-bond acceptors (Lipinski definition) is 3. The van der Waals surface area contributed by atoms with Gasteiger partial charge in [-0.25, -0.2) is 0 Å². The maximum absolute atomic E-state index is 9.56. The molecule has 114 valence electrons. The molecule has 3 aromatic rings. The van der Waals surface area contributed by atoms with E-state index >= 15 is 0 Å². The van der Waals surface area contributed by atoms with Crippen LogP contribution in [0.4, 0.5) is 5.69 Å². The molecule has 0 unspecified atom stereocenters. The maximum Gasteiger partial charge on any atom is 0.102 e. The van der Waals surface area contributed by atoms with E-state index in [1.54, 1.807) is 0 Å². The normalized spacial score (nSPS) is 9.96. The summed E-state index contributed by atoms with van der Waals surface area (Å²) in [6, 6.07) is 23.7. The monoisotopic (exact) mass is 309 g/mol. The Balaban J connectivity index is 2.34. The fourth-order valence-corrected chi connectivity index (χ4v) is 2.75. The van der Waals surface area contributed by atoms with Crippen molar-refractivity contribution in [1.82, 2.24) is 0 Å². The smallest absolute Gasteiger partial charge is 0.102 e. The first-order valence-corrected chi connectivity index (χ1v) is 7.55. The van der Waals surface area contributed by atoms with Gasteiger partial charge < -0.3 is 5.73 Å². The van der Waals surface area contributed by atoms with Crippen LogP contribution < -0.4 is 5.73 Å². The molecular formula is C21H15N3. The minimum atomic E-state index is 0.233. The van der Waals surface area contributed by atoms with Gasteiger partial charge in [-0.2, -0.15) is 10.5 Å². The number of hydrogen-bond donors (Lipinski definition) is 1. The number of rotatable bonds is 2. The van der Waals surface area contributed by atoms with E-state index in [0.717, 1.165) is 27.8 Å². The highest BCUT2D eigenvalue weighted by Crippen LogP contribution is 2.37. The maximum atomic E-state index is 9.56. The molecular weight excluding hydrogens is 294 g/mol. The summed E-state index contributed by atoms with van der Waals surface area (Å²) in [6.45, 7) is 2.01. The molecule has 0 aliphatic carbocycles. The Labute approximate surface area is 141 Å². The van der Waals surface area contributed by atoms with Gasteiger partial charge in [0, 0.05) is 11.1 Å². The average Bonchev–Trinajstić information content (AvgIpc) is 2.62. The van der Waals surface area contributed by atoms with Crippen LogP contribution in [0.3, 0.4) is 0 Å². The van der Waals surface area contributed by atoms with Crippen LogP contribution >= 0.6 is 0 Å². The lowest BCUT2D eigenvalue weighted by molar-refractivity contribution is 1.43. The highest BCUT2D eigenvalue weighted by atomic mass is 14.6. The number of benzene rings is 3. The van der Waals surface area contributed by atoms with Crippen molar-refractivity contribution < 1.29 is 0 Å². The van der Waals surface area contributed by atoms with Crippen LogP contribution in [0.5, 0.6) is 0 Å². The molecule has 0 amide bonds. The zero-order chi connectivity index (χ0) is 17.1. The molecule has 0 spiro atoms. The summed E-state index contributed by atoms with van der Waals surface area (Å²) >= 11 is 0. The third-order valence-electron chi connectivity index (χ3n) is 4.04. The van der Waals surface area contributed by atoms with Gasteiger partial charge in [-0.15, -0.1) is 0 Å². The van der Waals surface area contributed by atoms with E-state index in [4.69, 9.17) is 5.73 Å². The number of nitrogen functional groups attached to an aromatic ring is 1. The topological polar surface area (TPSA) is 73.6 Å². The van der Waals surface area contributed by atoms with Crippen LogP contribution in [0.25, 0.3) is 22.3 Å². The minimum absolute atomic E-state index is 0.233. The molecule has 0 atom stereocenters. The number of nitrogens with two attached hydrogens (primary N) is 1. The summed E-state index contributed by atoms with van der Waals surface area (Å²) in [5.74, 6) is 0. The Morgan fingerprint density at radius 3 is 1.75 bits per heavy atom. The van der Waals surface area contributed by atoms with Gasteiger partial charge in [0.1, 0.15) is 12.1 Å². The van der Waals surface area contributed by atoms with Crippen LogP contribution in [0, 0.1) is 29.6 Å². The molecule has 0 heterocycles. The van der Waals surface area contributed by atoms with Gasteiger partial charge in [0.15, 0.2) is 0 Å². The van der Waals surface area contributed by atoms with Crippen molar-refractivity contribution in [2.75, 3.05) is 5.73 Å². The number of aryl methyl sites for hydroxylation is 1. The van der Waals surface area contributed by atoms with Crippen LogP contribution in [-0.4, -0.2) is 0 Å². The van der Waals surface area contributed by atoms with Gasteiger partial charge in [-0.05, 0) is 24.1 Å². The molecule has 0 aromatic heterocycles. The lowest BCUT2D eigenvalue weighted by Gasteiger charge is -2.14. The Morgan fingerprint density at radius 1 is 0.750 bits per heavy atom. The molecule has 24 heavy (non-hydrogen) atoms. The van der Waals surface area contributed by atoms with E-state index in [1.165, 1.54) is 0 Å². The summed E-state index contributed by atoms with van der Waals surface area (Å²) in [7, 11) is 0. The van der Waals surface area contributed by atoms with Gasteiger partial charge in [-0.3, -0.25) is 0 Å². The van der Waals surface area contributed by atoms with Crippen molar-refractivity contribution in [3.63, 3.8) is 0 Å². The highest BCUT2D eigenvalue weighted by molar-refractivity contribution is 5.89. The number of nitrogens with zero attached hydrogens (tertiary/aromatic N) is 2. The largest absolute Gasteiger partial charge is 0.397 e. The van der Waals surface area contributed by atoms with Gasteiger partial charge in [0.05, 0.1) is 16.8 Å². The first kappa shape index (κ1) is 15.3. The number of anilines is 1. The van der Waals surface area contributed by atoms with Gasteiger partial charge in [0.2, 0.25) is 0 Å². The van der Waals surface area contributed by atoms with E-state index in [2.05, 4.69) is 12.1 Å². The third-order valence-corrected chi connectivity index (χ3v) is 4.04. The minimum Gasteiger partial charge on any atom is -0.397 e. The van der Waals surface area contributed by atoms with Crippen molar-refractivity contribution in [3.05, 3.63) is 77.4 Å². The predicted molar refractivity (Wildman–Crippen MR) is 95.9 cm³/mol. The first-order chi connectivity index (χ1) is 11.7. The Morgan fingerprint density at radius 2 is 1.25 bits per heavy atom. The van der Waals surface area contributed by atoms with Crippen LogP contribution in [0.2, 0.25) is 0 Å². The SMILES string of the molecule is Cc1ccc(-c2cc(-c3ccccc3)c(C#N)c(N)c2C#N)cc1. The van der Waals surface area contributed by atoms with Gasteiger partial charge >= 0.3 is 0 Å². The van der Waals surface area contributed by atoms with E-state index in [9.17, 15) is 10.5 Å². The molecule has 0 bridgehead atoms. The van der Waals surface area contributed by atoms with Crippen molar-refractivity contribution in [2.45, 2.75) is 6.92 Å². The zero-order valence-electron chi connectivity index (χ0n) is 13.2. The summed E-state index contributed by atoms with van der Waals surface area (Å²) in [4.78, 5) is 0. The van der Waals surface area contributed by atoms with E-state index in [0.29, 0.717) is 11.1 Å². The molecule has 0 fully saturated rings. The lowest BCUT2D eigenvalue weighted by Crippen LogP contribution is -2.00. The lowest BCUT2D eigenvalue weighted by atomic mass is 9.89. The average molecular weight is 309 g/mol. The molecule has 0 saturated heterocycles. The quantitative estimate of drug-likeness (QED) is 0.700. The van der Waals surface area contributed by atoms with Gasteiger partial charge in [0.25, 0.3) is 0 Å². The molecule has 0 aliphatic rings. The molecule has 0 aliphatic heterocycles. The molecule has 3 aromatic carbocycles. The second-order valence-electron chi connectivity index (χ2n) is 5.59. The third kappa shape index (κ3) is 2.60. The van der Waals surface area contributed by atoms with Crippen LogP contribution in [0.1, 0.15) is 16.7 Å². The molecule has 0 radical (unpaired) electrons. The Kier molecular flexibility index (Phi) is 4.01. The molecule has 3 rings (SSSR count). The second-order valence-corrected chi connectivity index (χ2v) is 5.59. The summed E-state index contributed by atoms with van der Waals surface area (Å²) in [5.41, 5.74) is 11.5. The predicted octanol–water partition coefficient (Wildman–Crippen LogP) is 4.65. The van der Waals surface area contributed by atoms with Crippen LogP contribution in [-0.2, 0) is 0 Å². The fourth-order valence-electron chi connectivity index (χ4n) is 2.75. The zero-order valence-corrected chi connectivity index (χ0v) is 13.2. The van der Waals surface area contributed by atoms with Crippen LogP contribution in [0.15, 0.2) is 60.7 Å². The van der Waals surface area contributed by atoms with Crippen molar-refractivity contribution in [3.8, 4) is 34.4 Å². The molecule has 0 saturated carbocycles. The second kappa shape index (κ2) is 6.28. The summed E-state index contributed by atoms with van der Waals surface area (Å²) < 4.78 is 0. The molecule has 3 heteroatoms.